The van der Waals surface area contributed by atoms with Crippen molar-refractivity contribution in [2.45, 2.75) is 101 Å². The van der Waals surface area contributed by atoms with Gasteiger partial charge in [0.2, 0.25) is 5.91 Å². The molecule has 4 atom stereocenters. The highest BCUT2D eigenvalue weighted by atomic mass is 16.5. The van der Waals surface area contributed by atoms with Gasteiger partial charge in [-0.05, 0) is 38.0 Å². The van der Waals surface area contributed by atoms with Gasteiger partial charge in [0.25, 0.3) is 0 Å². The van der Waals surface area contributed by atoms with Gasteiger partial charge in [0, 0.05) is 43.9 Å². The van der Waals surface area contributed by atoms with E-state index in [0.29, 0.717) is 17.9 Å². The molecule has 4 nitrogen and oxygen atoms in total. The molecule has 4 heteroatoms. The number of ether oxygens (including phenoxy) is 1. The van der Waals surface area contributed by atoms with Gasteiger partial charge in [0.15, 0.2) is 0 Å². The summed E-state index contributed by atoms with van der Waals surface area (Å²) in [6.45, 7) is 3.22. The van der Waals surface area contributed by atoms with Gasteiger partial charge >= 0.3 is 0 Å². The molecule has 5 rings (SSSR count). The first-order valence-electron chi connectivity index (χ1n) is 11.9. The molecule has 152 valence electrons. The molecule has 0 unspecified atom stereocenters. The average Bonchev–Trinajstić information content (AvgIpc) is 3.46. The molecule has 1 amide bonds. The highest BCUT2D eigenvalue weighted by Gasteiger charge is 2.63. The van der Waals surface area contributed by atoms with Crippen LogP contribution in [0, 0.1) is 17.8 Å². The summed E-state index contributed by atoms with van der Waals surface area (Å²) in [4.78, 5) is 15.2. The number of hydrogen-bond acceptors (Lipinski definition) is 3. The minimum absolute atomic E-state index is 0.126. The number of fused-ring (bicyclic) bond motifs is 1. The zero-order chi connectivity index (χ0) is 18.3. The molecule has 0 aromatic heterocycles. The van der Waals surface area contributed by atoms with Crippen molar-refractivity contribution < 1.29 is 9.53 Å². The summed E-state index contributed by atoms with van der Waals surface area (Å²) in [5, 5.41) is 3.30. The molecule has 27 heavy (non-hydrogen) atoms. The Morgan fingerprint density at radius 2 is 1.81 bits per heavy atom. The number of amides is 1. The first-order valence-corrected chi connectivity index (χ1v) is 11.9. The second-order valence-electron chi connectivity index (χ2n) is 10.2. The van der Waals surface area contributed by atoms with E-state index in [1.807, 2.05) is 0 Å². The van der Waals surface area contributed by atoms with Crippen molar-refractivity contribution in [2.24, 2.45) is 17.8 Å². The number of carbonyl (C=O) groups excluding carboxylic acids is 1. The van der Waals surface area contributed by atoms with Crippen molar-refractivity contribution in [2.75, 3.05) is 19.6 Å². The van der Waals surface area contributed by atoms with Crippen LogP contribution in [0.5, 0.6) is 0 Å². The fraction of sp³-hybridized carbons (Fsp3) is 0.957. The number of carbonyl (C=O) groups is 1. The molecule has 1 spiro atoms. The molecular formula is C23H38N2O2. The van der Waals surface area contributed by atoms with Crippen LogP contribution in [0.15, 0.2) is 0 Å². The quantitative estimate of drug-likeness (QED) is 0.767. The maximum atomic E-state index is 12.4. The molecule has 2 aliphatic carbocycles. The molecule has 2 saturated carbocycles. The zero-order valence-electron chi connectivity index (χ0n) is 17.0. The van der Waals surface area contributed by atoms with Crippen molar-refractivity contribution in [1.29, 1.82) is 0 Å². The predicted octanol–water partition coefficient (Wildman–Crippen LogP) is 3.89. The van der Waals surface area contributed by atoms with Gasteiger partial charge in [-0.25, -0.2) is 0 Å². The van der Waals surface area contributed by atoms with E-state index in [0.717, 1.165) is 37.9 Å². The van der Waals surface area contributed by atoms with E-state index in [9.17, 15) is 4.79 Å². The Labute approximate surface area is 164 Å². The zero-order valence-corrected chi connectivity index (χ0v) is 17.0. The highest BCUT2D eigenvalue weighted by Crippen LogP contribution is 2.55. The van der Waals surface area contributed by atoms with Gasteiger partial charge in [-0.15, -0.1) is 0 Å². The van der Waals surface area contributed by atoms with E-state index in [-0.39, 0.29) is 11.5 Å². The number of rotatable bonds is 6. The Morgan fingerprint density at radius 1 is 1.04 bits per heavy atom. The lowest BCUT2D eigenvalue weighted by molar-refractivity contribution is -0.121. The van der Waals surface area contributed by atoms with Crippen LogP contribution in [0.1, 0.15) is 83.5 Å². The molecule has 3 heterocycles. The summed E-state index contributed by atoms with van der Waals surface area (Å²) < 4.78 is 6.60. The van der Waals surface area contributed by atoms with Crippen molar-refractivity contribution in [1.82, 2.24) is 10.2 Å². The lowest BCUT2D eigenvalue weighted by Crippen LogP contribution is -2.41. The molecule has 1 N–H and O–H groups in total. The van der Waals surface area contributed by atoms with Crippen LogP contribution >= 0.6 is 0 Å². The third-order valence-corrected chi connectivity index (χ3v) is 8.69. The second-order valence-corrected chi connectivity index (χ2v) is 10.2. The maximum Gasteiger partial charge on any atom is 0.220 e. The van der Waals surface area contributed by atoms with Crippen molar-refractivity contribution in [3.05, 3.63) is 0 Å². The number of likely N-dealkylation sites (tertiary alicyclic amines) is 1. The van der Waals surface area contributed by atoms with Crippen molar-refractivity contribution in [3.63, 3.8) is 0 Å². The summed E-state index contributed by atoms with van der Waals surface area (Å²) in [6.07, 6.45) is 17.1. The van der Waals surface area contributed by atoms with Crippen LogP contribution in [0.3, 0.4) is 0 Å². The molecule has 3 saturated heterocycles. The van der Waals surface area contributed by atoms with Gasteiger partial charge in [-0.1, -0.05) is 44.9 Å². The Kier molecular flexibility index (Phi) is 5.23. The van der Waals surface area contributed by atoms with E-state index in [1.165, 1.54) is 77.2 Å². The summed E-state index contributed by atoms with van der Waals surface area (Å²) in [5.41, 5.74) is 0.126. The number of nitrogens with zero attached hydrogens (tertiary/aromatic N) is 1. The topological polar surface area (TPSA) is 41.6 Å². The van der Waals surface area contributed by atoms with Crippen LogP contribution in [-0.2, 0) is 9.53 Å². The Bertz CT molecular complexity index is 540. The molecule has 2 bridgehead atoms. The Morgan fingerprint density at radius 3 is 2.63 bits per heavy atom. The monoisotopic (exact) mass is 374 g/mol. The van der Waals surface area contributed by atoms with E-state index < -0.39 is 0 Å². The normalized spacial score (nSPS) is 39.9. The third kappa shape index (κ3) is 3.57. The minimum atomic E-state index is 0.126. The molecule has 0 radical (unpaired) electrons. The maximum absolute atomic E-state index is 12.4. The SMILES string of the molecule is O=C(CCC1CCCC1)NC[C@H]1[C@H]2CN(C3CCCCC3)C[C@]23CC[C@H]1O3. The Hall–Kier alpha value is -0.610. The first-order chi connectivity index (χ1) is 13.2. The second kappa shape index (κ2) is 7.67. The number of hydrogen-bond donors (Lipinski definition) is 1. The molecule has 5 aliphatic rings. The molecular weight excluding hydrogens is 336 g/mol. The lowest BCUT2D eigenvalue weighted by Gasteiger charge is -2.32. The van der Waals surface area contributed by atoms with Crippen LogP contribution in [0.4, 0.5) is 0 Å². The van der Waals surface area contributed by atoms with E-state index >= 15 is 0 Å². The van der Waals surface area contributed by atoms with E-state index in [1.54, 1.807) is 0 Å². The van der Waals surface area contributed by atoms with E-state index in [2.05, 4.69) is 10.2 Å². The van der Waals surface area contributed by atoms with Gasteiger partial charge in [-0.3, -0.25) is 9.69 Å². The number of nitrogens with one attached hydrogen (secondary N) is 1. The standard InChI is InChI=1S/C23H38N2O2/c26-22(11-10-17-6-4-5-7-17)24-14-19-20-15-25(18-8-2-1-3-9-18)16-23(20)13-12-21(19)27-23/h17-21H,1-16H2,(H,24,26)/t19-,20+,21+,23+/m0/s1. The lowest BCUT2D eigenvalue weighted by atomic mass is 9.73. The van der Waals surface area contributed by atoms with Gasteiger partial charge in [0.1, 0.15) is 0 Å². The fourth-order valence-corrected chi connectivity index (χ4v) is 7.18. The molecule has 3 aliphatic heterocycles. The third-order valence-electron chi connectivity index (χ3n) is 8.69. The van der Waals surface area contributed by atoms with Crippen LogP contribution in [0.2, 0.25) is 0 Å². The van der Waals surface area contributed by atoms with Crippen molar-refractivity contribution in [3.8, 4) is 0 Å². The van der Waals surface area contributed by atoms with Gasteiger partial charge in [0.05, 0.1) is 11.7 Å². The van der Waals surface area contributed by atoms with Gasteiger partial charge < -0.3 is 10.1 Å². The first kappa shape index (κ1) is 18.4. The average molecular weight is 375 g/mol. The summed E-state index contributed by atoms with van der Waals surface area (Å²) in [6, 6.07) is 0.794. The van der Waals surface area contributed by atoms with Crippen molar-refractivity contribution >= 4 is 5.91 Å². The summed E-state index contributed by atoms with van der Waals surface area (Å²) in [7, 11) is 0. The fourth-order valence-electron chi connectivity index (χ4n) is 7.18. The van der Waals surface area contributed by atoms with Gasteiger partial charge in [-0.2, -0.15) is 0 Å². The molecule has 5 fully saturated rings. The highest BCUT2D eigenvalue weighted by molar-refractivity contribution is 5.75. The molecule has 0 aromatic carbocycles. The van der Waals surface area contributed by atoms with Crippen LogP contribution in [0.25, 0.3) is 0 Å². The predicted molar refractivity (Wildman–Crippen MR) is 106 cm³/mol. The summed E-state index contributed by atoms with van der Waals surface area (Å²) >= 11 is 0. The van der Waals surface area contributed by atoms with E-state index in [4.69, 9.17) is 4.74 Å². The van der Waals surface area contributed by atoms with Crippen LogP contribution < -0.4 is 5.32 Å². The Balaban J connectivity index is 1.14. The molecule has 0 aromatic rings. The van der Waals surface area contributed by atoms with Crippen LogP contribution in [-0.4, -0.2) is 48.2 Å². The largest absolute Gasteiger partial charge is 0.370 e. The summed E-state index contributed by atoms with van der Waals surface area (Å²) in [5.74, 6) is 2.28. The minimum Gasteiger partial charge on any atom is -0.370 e. The smallest absolute Gasteiger partial charge is 0.220 e.